The molecule has 2 saturated heterocycles. The molecular weight excluding hydrogens is 401 g/mol. The van der Waals surface area contributed by atoms with Crippen LogP contribution in [0.4, 0.5) is 4.39 Å². The van der Waals surface area contributed by atoms with Crippen molar-refractivity contribution < 1.29 is 9.50 Å². The van der Waals surface area contributed by atoms with Crippen molar-refractivity contribution in [2.45, 2.75) is 37.4 Å². The Balaban J connectivity index is 1.37. The van der Waals surface area contributed by atoms with Gasteiger partial charge >= 0.3 is 0 Å². The van der Waals surface area contributed by atoms with Crippen LogP contribution in [0.5, 0.6) is 0 Å². The molecule has 1 N–H and O–H groups in total. The molecule has 0 saturated carbocycles. The fourth-order valence-electron chi connectivity index (χ4n) is 5.48. The van der Waals surface area contributed by atoms with Crippen LogP contribution in [-0.4, -0.2) is 58.2 Å². The number of nitrogens with zero attached hydrogens (tertiary/aromatic N) is 3. The quantitative estimate of drug-likeness (QED) is 0.653. The second-order valence-electron chi connectivity index (χ2n) is 8.98. The number of halogens is 1. The molecule has 3 aromatic rings. The first-order chi connectivity index (χ1) is 15.7. The minimum Gasteiger partial charge on any atom is -0.395 e. The topological polar surface area (TPSA) is 39.6 Å². The first-order valence-electron chi connectivity index (χ1n) is 11.6. The van der Waals surface area contributed by atoms with E-state index in [1.54, 1.807) is 6.07 Å². The molecule has 2 aliphatic rings. The molecule has 3 heterocycles. The van der Waals surface area contributed by atoms with Gasteiger partial charge in [-0.1, -0.05) is 42.5 Å². The molecule has 2 aromatic carbocycles. The molecule has 0 spiro atoms. The molecule has 5 rings (SSSR count). The van der Waals surface area contributed by atoms with Crippen molar-refractivity contribution in [3.8, 4) is 11.1 Å². The lowest BCUT2D eigenvalue weighted by Gasteiger charge is -2.57. The van der Waals surface area contributed by atoms with Gasteiger partial charge in [0.25, 0.3) is 0 Å². The number of pyridine rings is 1. The Labute approximate surface area is 189 Å². The minimum atomic E-state index is -0.199. The van der Waals surface area contributed by atoms with Crippen molar-refractivity contribution in [2.75, 3.05) is 26.2 Å². The van der Waals surface area contributed by atoms with Crippen molar-refractivity contribution in [2.24, 2.45) is 0 Å². The van der Waals surface area contributed by atoms with Gasteiger partial charge in [-0.25, -0.2) is 4.39 Å². The van der Waals surface area contributed by atoms with E-state index >= 15 is 0 Å². The standard InChI is InChI=1S/C27H30FN3O/c28-24-6-2-1-5-23(24)21-7-9-22(10-8-21)27-25-18-30(17-20-11-13-29-14-12-20)15-3-4-16-31(25)26(27)19-32/h1-2,5-14,25-27,32H,3-4,15-19H2/t25-,26-,27-/m1/s1. The zero-order valence-electron chi connectivity index (χ0n) is 18.3. The second-order valence-corrected chi connectivity index (χ2v) is 8.98. The lowest BCUT2D eigenvalue weighted by molar-refractivity contribution is -0.0655. The summed E-state index contributed by atoms with van der Waals surface area (Å²) in [6, 6.07) is 19.9. The van der Waals surface area contributed by atoms with E-state index in [-0.39, 0.29) is 24.4 Å². The van der Waals surface area contributed by atoms with Gasteiger partial charge in [0, 0.05) is 49.0 Å². The molecule has 166 valence electrons. The number of fused-ring (bicyclic) bond motifs is 1. The molecule has 1 aromatic heterocycles. The van der Waals surface area contributed by atoms with Crippen molar-refractivity contribution in [3.63, 3.8) is 0 Å². The normalized spacial score (nSPS) is 24.2. The summed E-state index contributed by atoms with van der Waals surface area (Å²) in [5, 5.41) is 10.2. The largest absolute Gasteiger partial charge is 0.395 e. The van der Waals surface area contributed by atoms with E-state index in [1.165, 1.54) is 23.6 Å². The summed E-state index contributed by atoms with van der Waals surface area (Å²) in [5.74, 6) is 0.0859. The highest BCUT2D eigenvalue weighted by atomic mass is 19.1. The molecule has 2 aliphatic heterocycles. The molecule has 0 unspecified atom stereocenters. The third-order valence-corrected chi connectivity index (χ3v) is 7.09. The monoisotopic (exact) mass is 431 g/mol. The molecule has 4 nitrogen and oxygen atoms in total. The average molecular weight is 432 g/mol. The van der Waals surface area contributed by atoms with Crippen molar-refractivity contribution in [1.82, 2.24) is 14.8 Å². The summed E-state index contributed by atoms with van der Waals surface area (Å²) in [4.78, 5) is 9.18. The molecule has 32 heavy (non-hydrogen) atoms. The van der Waals surface area contributed by atoms with Crippen LogP contribution in [-0.2, 0) is 6.54 Å². The number of hydrogen-bond donors (Lipinski definition) is 1. The van der Waals surface area contributed by atoms with Crippen LogP contribution in [0.1, 0.15) is 29.9 Å². The Hall–Kier alpha value is -2.60. The smallest absolute Gasteiger partial charge is 0.131 e. The first-order valence-corrected chi connectivity index (χ1v) is 11.6. The number of rotatable bonds is 5. The van der Waals surface area contributed by atoms with Crippen molar-refractivity contribution in [3.05, 3.63) is 90.0 Å². The van der Waals surface area contributed by atoms with Gasteiger partial charge in [-0.3, -0.25) is 14.8 Å². The number of hydrogen-bond acceptors (Lipinski definition) is 4. The van der Waals surface area contributed by atoms with Gasteiger partial charge in [-0.05, 0) is 60.8 Å². The molecule has 0 aliphatic carbocycles. The molecular formula is C27H30FN3O. The molecule has 0 amide bonds. The number of aliphatic hydroxyl groups excluding tert-OH is 1. The van der Waals surface area contributed by atoms with Gasteiger partial charge in [-0.2, -0.15) is 0 Å². The highest BCUT2D eigenvalue weighted by molar-refractivity contribution is 5.64. The summed E-state index contributed by atoms with van der Waals surface area (Å²) in [5.41, 5.74) is 4.04. The number of aromatic nitrogens is 1. The molecule has 0 radical (unpaired) electrons. The SMILES string of the molecule is OC[C@@H]1[C@H](c2ccc(-c3ccccc3F)cc2)[C@H]2CN(Cc3ccncc3)CCCCN12. The lowest BCUT2D eigenvalue weighted by Crippen LogP contribution is -2.67. The predicted octanol–water partition coefficient (Wildman–Crippen LogP) is 4.31. The van der Waals surface area contributed by atoms with Crippen molar-refractivity contribution in [1.29, 1.82) is 0 Å². The number of aliphatic hydroxyl groups is 1. The number of benzene rings is 2. The third-order valence-electron chi connectivity index (χ3n) is 7.09. The van der Waals surface area contributed by atoms with Crippen LogP contribution >= 0.6 is 0 Å². The van der Waals surface area contributed by atoms with E-state index in [1.807, 2.05) is 36.7 Å². The Bertz CT molecular complexity index is 1030. The van der Waals surface area contributed by atoms with Crippen LogP contribution in [0.2, 0.25) is 0 Å². The van der Waals surface area contributed by atoms with Gasteiger partial charge in [0.05, 0.1) is 6.61 Å². The molecule has 2 fully saturated rings. The van der Waals surface area contributed by atoms with Gasteiger partial charge in [0.15, 0.2) is 0 Å². The fraction of sp³-hybridized carbons (Fsp3) is 0.370. The van der Waals surface area contributed by atoms with E-state index in [0.29, 0.717) is 11.6 Å². The van der Waals surface area contributed by atoms with Crippen molar-refractivity contribution >= 4 is 0 Å². The molecule has 0 bridgehead atoms. The van der Waals surface area contributed by atoms with E-state index in [9.17, 15) is 9.50 Å². The third kappa shape index (κ3) is 4.20. The van der Waals surface area contributed by atoms with Crippen LogP contribution in [0, 0.1) is 5.82 Å². The predicted molar refractivity (Wildman–Crippen MR) is 125 cm³/mol. The molecule has 5 heteroatoms. The summed E-state index contributed by atoms with van der Waals surface area (Å²) >= 11 is 0. The van der Waals surface area contributed by atoms with Gasteiger partial charge in [-0.15, -0.1) is 0 Å². The lowest BCUT2D eigenvalue weighted by atomic mass is 9.74. The second kappa shape index (κ2) is 9.49. The van der Waals surface area contributed by atoms with E-state index in [4.69, 9.17) is 0 Å². The van der Waals surface area contributed by atoms with Gasteiger partial charge in [0.2, 0.25) is 0 Å². The Morgan fingerprint density at radius 2 is 1.69 bits per heavy atom. The van der Waals surface area contributed by atoms with Crippen LogP contribution in [0.3, 0.4) is 0 Å². The highest BCUT2D eigenvalue weighted by Crippen LogP contribution is 2.42. The average Bonchev–Trinajstić information content (AvgIpc) is 2.81. The van der Waals surface area contributed by atoms with E-state index < -0.39 is 0 Å². The highest BCUT2D eigenvalue weighted by Gasteiger charge is 2.49. The summed E-state index contributed by atoms with van der Waals surface area (Å²) < 4.78 is 14.2. The van der Waals surface area contributed by atoms with E-state index in [2.05, 4.69) is 39.0 Å². The maximum absolute atomic E-state index is 14.2. The Kier molecular flexibility index (Phi) is 6.30. The maximum Gasteiger partial charge on any atom is 0.131 e. The summed E-state index contributed by atoms with van der Waals surface area (Å²) in [6.07, 6.45) is 6.04. The first kappa shape index (κ1) is 21.3. The van der Waals surface area contributed by atoms with Crippen LogP contribution in [0.15, 0.2) is 73.1 Å². The Morgan fingerprint density at radius 1 is 0.938 bits per heavy atom. The van der Waals surface area contributed by atoms with Crippen LogP contribution in [0.25, 0.3) is 11.1 Å². The van der Waals surface area contributed by atoms with Gasteiger partial charge in [0.1, 0.15) is 5.82 Å². The van der Waals surface area contributed by atoms with Gasteiger partial charge < -0.3 is 5.11 Å². The zero-order chi connectivity index (χ0) is 21.9. The maximum atomic E-state index is 14.2. The summed E-state index contributed by atoms with van der Waals surface area (Å²) in [6.45, 7) is 4.22. The van der Waals surface area contributed by atoms with E-state index in [0.717, 1.165) is 38.2 Å². The Morgan fingerprint density at radius 3 is 2.44 bits per heavy atom. The summed E-state index contributed by atoms with van der Waals surface area (Å²) in [7, 11) is 0. The fourth-order valence-corrected chi connectivity index (χ4v) is 5.48. The van der Waals surface area contributed by atoms with Crippen LogP contribution < -0.4 is 0 Å². The molecule has 3 atom stereocenters. The zero-order valence-corrected chi connectivity index (χ0v) is 18.3. The minimum absolute atomic E-state index is 0.153.